The fourth-order valence-corrected chi connectivity index (χ4v) is 4.08. The maximum absolute atomic E-state index is 14.2. The molecule has 0 radical (unpaired) electrons. The third-order valence-electron chi connectivity index (χ3n) is 6.21. The van der Waals surface area contributed by atoms with Crippen LogP contribution in [0.2, 0.25) is 0 Å². The van der Waals surface area contributed by atoms with Crippen LogP contribution in [-0.4, -0.2) is 36.9 Å². The average Bonchev–Trinajstić information content (AvgIpc) is 3.14. The Bertz CT molecular complexity index is 922. The van der Waals surface area contributed by atoms with Crippen LogP contribution < -0.4 is 0 Å². The van der Waals surface area contributed by atoms with Crippen molar-refractivity contribution in [2.24, 2.45) is 0 Å². The number of methoxy groups -OCH3 is 1. The van der Waals surface area contributed by atoms with Crippen molar-refractivity contribution in [1.82, 2.24) is 0 Å². The summed E-state index contributed by atoms with van der Waals surface area (Å²) in [6, 6.07) is 6.72. The highest BCUT2D eigenvalue weighted by Crippen LogP contribution is 2.43. The summed E-state index contributed by atoms with van der Waals surface area (Å²) < 4.78 is 58.4. The molecule has 0 fully saturated rings. The largest absolute Gasteiger partial charge is 0.455 e. The van der Waals surface area contributed by atoms with Crippen molar-refractivity contribution in [3.05, 3.63) is 59.2 Å². The van der Waals surface area contributed by atoms with Crippen molar-refractivity contribution in [3.8, 4) is 0 Å². The van der Waals surface area contributed by atoms with E-state index in [0.29, 0.717) is 31.3 Å². The smallest absolute Gasteiger partial charge is 0.432 e. The molecule has 5 nitrogen and oxygen atoms in total. The number of ether oxygens (including phenoxy) is 3. The van der Waals surface area contributed by atoms with E-state index in [-0.39, 0.29) is 18.0 Å². The van der Waals surface area contributed by atoms with Gasteiger partial charge in [0.2, 0.25) is 0 Å². The summed E-state index contributed by atoms with van der Waals surface area (Å²) in [6.45, 7) is 7.39. The van der Waals surface area contributed by atoms with Gasteiger partial charge in [-0.05, 0) is 37.8 Å². The first-order valence-corrected chi connectivity index (χ1v) is 11.6. The average molecular weight is 483 g/mol. The SMILES string of the molecule is CCC1=C[C@@](CC)(C/C(=C\[C@@H](CC)OC(=O)[C@](OC)(c2ccccc2)C(F)(F)F)CC)OC1=O. The van der Waals surface area contributed by atoms with Gasteiger partial charge in [-0.2, -0.15) is 13.2 Å². The third-order valence-corrected chi connectivity index (χ3v) is 6.21. The first-order chi connectivity index (χ1) is 16.0. The van der Waals surface area contributed by atoms with Gasteiger partial charge in [0.05, 0.1) is 0 Å². The molecule has 188 valence electrons. The first-order valence-electron chi connectivity index (χ1n) is 11.6. The molecular formula is C26H33F3O5. The van der Waals surface area contributed by atoms with Crippen LogP contribution in [-0.2, 0) is 29.4 Å². The molecule has 0 amide bonds. The minimum Gasteiger partial charge on any atom is -0.455 e. The van der Waals surface area contributed by atoms with E-state index >= 15 is 0 Å². The lowest BCUT2D eigenvalue weighted by Gasteiger charge is -2.33. The molecule has 1 aliphatic rings. The fourth-order valence-electron chi connectivity index (χ4n) is 4.08. The number of benzene rings is 1. The van der Waals surface area contributed by atoms with Crippen LogP contribution in [0.4, 0.5) is 13.2 Å². The molecule has 3 atom stereocenters. The number of rotatable bonds is 11. The Labute approximate surface area is 199 Å². The van der Waals surface area contributed by atoms with Crippen LogP contribution in [0.3, 0.4) is 0 Å². The maximum atomic E-state index is 14.2. The summed E-state index contributed by atoms with van der Waals surface area (Å²) in [4.78, 5) is 25.1. The van der Waals surface area contributed by atoms with Gasteiger partial charge in [0.15, 0.2) is 0 Å². The zero-order chi connectivity index (χ0) is 25.6. The molecule has 1 heterocycles. The molecule has 0 bridgehead atoms. The zero-order valence-corrected chi connectivity index (χ0v) is 20.3. The standard InChI is InChI=1S/C26H33F3O5/c1-6-18(16-24(9-4)17-19(7-2)22(30)34-24)15-21(8-3)33-23(31)25(32-5,26(27,28)29)20-13-11-10-12-14-20/h10-15,17,21H,6-9,16H2,1-5H3/b18-15-/t21-,24-,25-/m1/s1. The van der Waals surface area contributed by atoms with E-state index in [1.165, 1.54) is 24.3 Å². The maximum Gasteiger partial charge on any atom is 0.432 e. The molecule has 0 aliphatic carbocycles. The van der Waals surface area contributed by atoms with Crippen molar-refractivity contribution >= 4 is 11.9 Å². The van der Waals surface area contributed by atoms with E-state index in [1.54, 1.807) is 19.1 Å². The summed E-state index contributed by atoms with van der Waals surface area (Å²) >= 11 is 0. The number of hydrogen-bond acceptors (Lipinski definition) is 5. The van der Waals surface area contributed by atoms with Crippen LogP contribution >= 0.6 is 0 Å². The quantitative estimate of drug-likeness (QED) is 0.278. The second-order valence-electron chi connectivity index (χ2n) is 8.29. The zero-order valence-electron chi connectivity index (χ0n) is 20.3. The molecule has 0 N–H and O–H groups in total. The normalized spacial score (nSPS) is 21.5. The highest BCUT2D eigenvalue weighted by molar-refractivity contribution is 5.91. The molecule has 0 unspecified atom stereocenters. The minimum atomic E-state index is -5.04. The van der Waals surface area contributed by atoms with Crippen molar-refractivity contribution in [1.29, 1.82) is 0 Å². The summed E-state index contributed by atoms with van der Waals surface area (Å²) in [6.07, 6.45) is -0.181. The third kappa shape index (κ3) is 5.54. The number of carbonyl (C=O) groups is 2. The molecule has 1 aliphatic heterocycles. The molecule has 1 aromatic carbocycles. The van der Waals surface area contributed by atoms with Crippen LogP contribution in [0.1, 0.15) is 65.4 Å². The van der Waals surface area contributed by atoms with Gasteiger partial charge in [-0.15, -0.1) is 0 Å². The Kier molecular flexibility index (Phi) is 9.11. The predicted molar refractivity (Wildman–Crippen MR) is 122 cm³/mol. The molecule has 0 saturated heterocycles. The van der Waals surface area contributed by atoms with E-state index in [1.807, 2.05) is 26.8 Å². The molecule has 0 aromatic heterocycles. The van der Waals surface area contributed by atoms with Gasteiger partial charge in [-0.3, -0.25) is 0 Å². The van der Waals surface area contributed by atoms with Crippen LogP contribution in [0.15, 0.2) is 53.6 Å². The molecule has 0 saturated carbocycles. The molecule has 1 aromatic rings. The number of halogens is 3. The number of hydrogen-bond donors (Lipinski definition) is 0. The molecule has 34 heavy (non-hydrogen) atoms. The number of esters is 2. The molecule has 8 heteroatoms. The van der Waals surface area contributed by atoms with Gasteiger partial charge in [0.1, 0.15) is 11.7 Å². The highest BCUT2D eigenvalue weighted by Gasteiger charge is 2.64. The number of carbonyl (C=O) groups excluding carboxylic acids is 2. The second-order valence-corrected chi connectivity index (χ2v) is 8.29. The lowest BCUT2D eigenvalue weighted by molar-refractivity contribution is -0.277. The second kappa shape index (κ2) is 11.2. The summed E-state index contributed by atoms with van der Waals surface area (Å²) in [5.41, 5.74) is -2.98. The van der Waals surface area contributed by atoms with Crippen molar-refractivity contribution in [3.63, 3.8) is 0 Å². The molecule has 0 spiro atoms. The van der Waals surface area contributed by atoms with Gasteiger partial charge < -0.3 is 14.2 Å². The van der Waals surface area contributed by atoms with Gasteiger partial charge in [0.25, 0.3) is 5.60 Å². The summed E-state index contributed by atoms with van der Waals surface area (Å²) in [5, 5.41) is 0. The highest BCUT2D eigenvalue weighted by atomic mass is 19.4. The lowest BCUT2D eigenvalue weighted by atomic mass is 9.89. The first kappa shape index (κ1) is 27.6. The number of alkyl halides is 3. The van der Waals surface area contributed by atoms with Crippen LogP contribution in [0.5, 0.6) is 0 Å². The Balaban J connectivity index is 2.35. The minimum absolute atomic E-state index is 0.261. The van der Waals surface area contributed by atoms with Crippen LogP contribution in [0, 0.1) is 0 Å². The van der Waals surface area contributed by atoms with Crippen molar-refractivity contribution in [2.45, 2.75) is 83.3 Å². The van der Waals surface area contributed by atoms with Crippen molar-refractivity contribution in [2.75, 3.05) is 7.11 Å². The Morgan fingerprint density at radius 3 is 2.24 bits per heavy atom. The van der Waals surface area contributed by atoms with E-state index < -0.39 is 29.5 Å². The molecule has 2 rings (SSSR count). The van der Waals surface area contributed by atoms with Gasteiger partial charge in [-0.1, -0.05) is 63.6 Å². The van der Waals surface area contributed by atoms with Gasteiger partial charge >= 0.3 is 18.1 Å². The van der Waals surface area contributed by atoms with E-state index in [9.17, 15) is 22.8 Å². The Hall–Kier alpha value is -2.61. The summed E-state index contributed by atoms with van der Waals surface area (Å²) in [5.74, 6) is -1.88. The summed E-state index contributed by atoms with van der Waals surface area (Å²) in [7, 11) is 0.840. The topological polar surface area (TPSA) is 61.8 Å². The monoisotopic (exact) mass is 482 g/mol. The van der Waals surface area contributed by atoms with E-state index in [2.05, 4.69) is 0 Å². The van der Waals surface area contributed by atoms with E-state index in [4.69, 9.17) is 14.2 Å². The number of cyclic esters (lactones) is 1. The fraction of sp³-hybridized carbons (Fsp3) is 0.538. The molecular weight excluding hydrogens is 449 g/mol. The Morgan fingerprint density at radius 1 is 1.15 bits per heavy atom. The van der Waals surface area contributed by atoms with Gasteiger partial charge in [0, 0.05) is 24.7 Å². The Morgan fingerprint density at radius 2 is 1.79 bits per heavy atom. The van der Waals surface area contributed by atoms with Crippen LogP contribution in [0.25, 0.3) is 0 Å². The van der Waals surface area contributed by atoms with E-state index in [0.717, 1.165) is 12.7 Å². The lowest BCUT2D eigenvalue weighted by Crippen LogP contribution is -2.52. The van der Waals surface area contributed by atoms with Crippen molar-refractivity contribution < 1.29 is 37.0 Å². The van der Waals surface area contributed by atoms with Gasteiger partial charge in [-0.25, -0.2) is 9.59 Å². The predicted octanol–water partition coefficient (Wildman–Crippen LogP) is 6.18.